The highest BCUT2D eigenvalue weighted by atomic mass is 16.9. The molecule has 2 aromatic rings. The summed E-state index contributed by atoms with van der Waals surface area (Å²) in [5.74, 6) is 0.365. The molecule has 102 valence electrons. The molecule has 19 heavy (non-hydrogen) atoms. The maximum atomic E-state index is 8.89. The van der Waals surface area contributed by atoms with E-state index < -0.39 is 12.6 Å². The second kappa shape index (κ2) is 4.96. The van der Waals surface area contributed by atoms with Gasteiger partial charge < -0.3 is 24.2 Å². The maximum absolute atomic E-state index is 8.89. The summed E-state index contributed by atoms with van der Waals surface area (Å²) >= 11 is 0. The van der Waals surface area contributed by atoms with Crippen molar-refractivity contribution in [2.45, 2.75) is 12.6 Å². The summed E-state index contributed by atoms with van der Waals surface area (Å²) in [4.78, 5) is 17.6. The highest BCUT2D eigenvalue weighted by Gasteiger charge is 2.28. The van der Waals surface area contributed by atoms with E-state index in [1.807, 2.05) is 0 Å². The van der Waals surface area contributed by atoms with Gasteiger partial charge in [-0.3, -0.25) is 0 Å². The molecule has 2 atom stereocenters. The lowest BCUT2D eigenvalue weighted by Gasteiger charge is -2.12. The predicted molar refractivity (Wildman–Crippen MR) is 60.2 cm³/mol. The SMILES string of the molecule is COc1ncnc2c1ncn2O[C@@H]1CO[C@@H](CO)O1. The Morgan fingerprint density at radius 3 is 3.11 bits per heavy atom. The van der Waals surface area contributed by atoms with Gasteiger partial charge in [-0.15, -0.1) is 4.73 Å². The molecule has 1 saturated heterocycles. The topological polar surface area (TPSA) is 101 Å². The number of ether oxygens (including phenoxy) is 3. The van der Waals surface area contributed by atoms with Crippen molar-refractivity contribution in [1.82, 2.24) is 19.7 Å². The van der Waals surface area contributed by atoms with Gasteiger partial charge in [0.25, 0.3) is 6.29 Å². The van der Waals surface area contributed by atoms with E-state index in [2.05, 4.69) is 15.0 Å². The van der Waals surface area contributed by atoms with Crippen LogP contribution in [0.5, 0.6) is 5.88 Å². The van der Waals surface area contributed by atoms with E-state index in [0.717, 1.165) is 0 Å². The first-order valence-corrected chi connectivity index (χ1v) is 5.59. The zero-order valence-electron chi connectivity index (χ0n) is 10.1. The van der Waals surface area contributed by atoms with Crippen LogP contribution in [0.1, 0.15) is 0 Å². The highest BCUT2D eigenvalue weighted by molar-refractivity contribution is 5.75. The number of aliphatic hydroxyl groups is 1. The molecule has 0 aromatic carbocycles. The third-order valence-electron chi connectivity index (χ3n) is 2.57. The van der Waals surface area contributed by atoms with Crippen LogP contribution < -0.4 is 9.57 Å². The average Bonchev–Trinajstić information content (AvgIpc) is 3.06. The Morgan fingerprint density at radius 2 is 2.37 bits per heavy atom. The number of hydrogen-bond donors (Lipinski definition) is 1. The van der Waals surface area contributed by atoms with Crippen molar-refractivity contribution in [1.29, 1.82) is 0 Å². The number of aliphatic hydroxyl groups excluding tert-OH is 1. The van der Waals surface area contributed by atoms with Crippen LogP contribution in [0.4, 0.5) is 0 Å². The van der Waals surface area contributed by atoms with E-state index in [1.165, 1.54) is 24.5 Å². The first kappa shape index (κ1) is 12.1. The van der Waals surface area contributed by atoms with Gasteiger partial charge in [0, 0.05) is 0 Å². The Hall–Kier alpha value is -1.97. The van der Waals surface area contributed by atoms with E-state index in [9.17, 15) is 0 Å². The molecular formula is C10H12N4O5. The predicted octanol–water partition coefficient (Wildman–Crippen LogP) is -1.05. The van der Waals surface area contributed by atoms with Gasteiger partial charge in [-0.2, -0.15) is 4.98 Å². The summed E-state index contributed by atoms with van der Waals surface area (Å²) in [5.41, 5.74) is 0.950. The standard InChI is InChI=1S/C10H12N4O5/c1-16-10-8-9(11-4-12-10)14(5-13-8)19-7-3-17-6(2-15)18-7/h4-7,15H,2-3H2,1H3/t6-,7-/m1/s1. The van der Waals surface area contributed by atoms with E-state index in [1.54, 1.807) is 0 Å². The number of methoxy groups -OCH3 is 1. The third kappa shape index (κ3) is 2.18. The van der Waals surface area contributed by atoms with Gasteiger partial charge >= 0.3 is 0 Å². The Labute approximate surface area is 107 Å². The first-order chi connectivity index (χ1) is 9.31. The van der Waals surface area contributed by atoms with Crippen molar-refractivity contribution in [3.63, 3.8) is 0 Å². The minimum Gasteiger partial charge on any atom is -0.479 e. The number of aromatic nitrogens is 4. The quantitative estimate of drug-likeness (QED) is 0.750. The minimum absolute atomic E-state index is 0.215. The van der Waals surface area contributed by atoms with Crippen LogP contribution in [-0.4, -0.2) is 57.7 Å². The van der Waals surface area contributed by atoms with Crippen LogP contribution in [0.25, 0.3) is 11.2 Å². The van der Waals surface area contributed by atoms with E-state index >= 15 is 0 Å². The molecule has 1 fully saturated rings. The second-order valence-electron chi connectivity index (χ2n) is 3.74. The van der Waals surface area contributed by atoms with Gasteiger partial charge in [-0.1, -0.05) is 0 Å². The normalized spacial score (nSPS) is 22.8. The summed E-state index contributed by atoms with van der Waals surface area (Å²) in [7, 11) is 1.50. The molecule has 3 rings (SSSR count). The number of rotatable bonds is 4. The smallest absolute Gasteiger partial charge is 0.250 e. The van der Waals surface area contributed by atoms with E-state index in [-0.39, 0.29) is 13.2 Å². The van der Waals surface area contributed by atoms with E-state index in [0.29, 0.717) is 17.0 Å². The number of fused-ring (bicyclic) bond motifs is 1. The second-order valence-corrected chi connectivity index (χ2v) is 3.74. The summed E-state index contributed by atoms with van der Waals surface area (Å²) in [6.07, 6.45) is 1.50. The van der Waals surface area contributed by atoms with Crippen molar-refractivity contribution in [3.05, 3.63) is 12.7 Å². The monoisotopic (exact) mass is 268 g/mol. The first-order valence-electron chi connectivity index (χ1n) is 5.59. The van der Waals surface area contributed by atoms with Gasteiger partial charge in [0.2, 0.25) is 11.5 Å². The van der Waals surface area contributed by atoms with Gasteiger partial charge in [-0.05, 0) is 0 Å². The molecule has 0 bridgehead atoms. The lowest BCUT2D eigenvalue weighted by atomic mass is 10.5. The molecule has 3 heterocycles. The lowest BCUT2D eigenvalue weighted by Crippen LogP contribution is -2.27. The molecule has 0 aliphatic carbocycles. The number of nitrogens with zero attached hydrogens (tertiary/aromatic N) is 4. The lowest BCUT2D eigenvalue weighted by molar-refractivity contribution is -0.155. The van der Waals surface area contributed by atoms with Crippen molar-refractivity contribution in [2.75, 3.05) is 20.3 Å². The summed E-state index contributed by atoms with van der Waals surface area (Å²) in [5, 5.41) is 8.89. The highest BCUT2D eigenvalue weighted by Crippen LogP contribution is 2.19. The minimum atomic E-state index is -0.663. The molecule has 0 saturated carbocycles. The largest absolute Gasteiger partial charge is 0.479 e. The van der Waals surface area contributed by atoms with Crippen LogP contribution in [0.15, 0.2) is 12.7 Å². The van der Waals surface area contributed by atoms with Gasteiger partial charge in [0.05, 0.1) is 13.7 Å². The van der Waals surface area contributed by atoms with Gasteiger partial charge in [-0.25, -0.2) is 9.97 Å². The molecule has 1 N–H and O–H groups in total. The molecule has 0 radical (unpaired) electrons. The summed E-state index contributed by atoms with van der Waals surface area (Å²) in [6.45, 7) is -0.00630. The van der Waals surface area contributed by atoms with Crippen LogP contribution in [0, 0.1) is 0 Å². The van der Waals surface area contributed by atoms with Gasteiger partial charge in [0.15, 0.2) is 11.8 Å². The summed E-state index contributed by atoms with van der Waals surface area (Å²) < 4.78 is 16.8. The van der Waals surface area contributed by atoms with E-state index in [4.69, 9.17) is 24.2 Å². The number of hydrogen-bond acceptors (Lipinski definition) is 8. The maximum Gasteiger partial charge on any atom is 0.250 e. The fourth-order valence-electron chi connectivity index (χ4n) is 1.73. The molecule has 1 aliphatic heterocycles. The molecule has 0 spiro atoms. The van der Waals surface area contributed by atoms with Crippen LogP contribution >= 0.6 is 0 Å². The Kier molecular flexibility index (Phi) is 3.15. The number of imidazole rings is 1. The van der Waals surface area contributed by atoms with Crippen molar-refractivity contribution in [2.24, 2.45) is 0 Å². The Balaban J connectivity index is 1.82. The van der Waals surface area contributed by atoms with Crippen molar-refractivity contribution >= 4 is 11.2 Å². The van der Waals surface area contributed by atoms with Gasteiger partial charge in [0.1, 0.15) is 19.3 Å². The molecule has 9 nitrogen and oxygen atoms in total. The van der Waals surface area contributed by atoms with Crippen LogP contribution in [-0.2, 0) is 9.47 Å². The molecule has 2 aromatic heterocycles. The molecular weight excluding hydrogens is 256 g/mol. The molecule has 1 aliphatic rings. The zero-order valence-corrected chi connectivity index (χ0v) is 10.1. The summed E-state index contributed by atoms with van der Waals surface area (Å²) in [6, 6.07) is 0. The average molecular weight is 268 g/mol. The fourth-order valence-corrected chi connectivity index (χ4v) is 1.73. The van der Waals surface area contributed by atoms with Crippen LogP contribution in [0.2, 0.25) is 0 Å². The third-order valence-corrected chi connectivity index (χ3v) is 2.57. The van der Waals surface area contributed by atoms with Crippen LogP contribution in [0.3, 0.4) is 0 Å². The Morgan fingerprint density at radius 1 is 1.47 bits per heavy atom. The Bertz CT molecular complexity index is 574. The van der Waals surface area contributed by atoms with Crippen molar-refractivity contribution in [3.8, 4) is 5.88 Å². The molecule has 0 amide bonds. The fraction of sp³-hybridized carbons (Fsp3) is 0.500. The molecule has 0 unspecified atom stereocenters. The van der Waals surface area contributed by atoms with Crippen molar-refractivity contribution < 1.29 is 24.2 Å². The molecule has 9 heteroatoms. The zero-order chi connectivity index (χ0) is 13.2.